The predicted octanol–water partition coefficient (Wildman–Crippen LogP) is -3.23. The zero-order chi connectivity index (χ0) is 34.0. The van der Waals surface area contributed by atoms with E-state index in [-0.39, 0.29) is 0 Å². The first-order valence-electron chi connectivity index (χ1n) is 15.3. The molecule has 0 aliphatic carbocycles. The molecule has 3 aliphatic heterocycles. The number of nitrogens with one attached hydrogen (secondary N) is 2. The molecule has 15 atom stereocenters. The van der Waals surface area contributed by atoms with Crippen molar-refractivity contribution in [3.63, 3.8) is 0 Å². The van der Waals surface area contributed by atoms with Gasteiger partial charge < -0.3 is 60.0 Å². The Balaban J connectivity index is 1.43. The van der Waals surface area contributed by atoms with Gasteiger partial charge in [0.05, 0.1) is 18.3 Å². The van der Waals surface area contributed by atoms with Gasteiger partial charge in [0, 0.05) is 30.5 Å². The van der Waals surface area contributed by atoms with Crippen molar-refractivity contribution in [1.82, 2.24) is 14.9 Å². The lowest BCUT2D eigenvalue weighted by molar-refractivity contribution is -0.364. The van der Waals surface area contributed by atoms with Crippen molar-refractivity contribution in [3.05, 3.63) is 45.3 Å². The number of H-pyrrole nitrogens is 1. The number of rotatable bonds is 10. The summed E-state index contributed by atoms with van der Waals surface area (Å²) in [6.45, 7) is 7.01. The summed E-state index contributed by atoms with van der Waals surface area (Å²) >= 11 is 0. The maximum absolute atomic E-state index is 12.4. The highest BCUT2D eigenvalue weighted by molar-refractivity contribution is 5.87. The molecule has 3 aliphatic rings. The van der Waals surface area contributed by atoms with Gasteiger partial charge in [0.15, 0.2) is 25.0 Å². The number of ether oxygens (including phenoxy) is 4. The van der Waals surface area contributed by atoms with Crippen molar-refractivity contribution in [1.29, 1.82) is 0 Å². The van der Waals surface area contributed by atoms with Crippen LogP contribution in [0.25, 0.3) is 0 Å². The lowest BCUT2D eigenvalue weighted by Crippen LogP contribution is -2.62. The van der Waals surface area contributed by atoms with Gasteiger partial charge in [-0.05, 0) is 18.4 Å². The molecule has 0 radical (unpaired) electrons. The van der Waals surface area contributed by atoms with Crippen LogP contribution in [0, 0.1) is 17.8 Å². The molecule has 3 saturated heterocycles. The van der Waals surface area contributed by atoms with Crippen molar-refractivity contribution in [2.75, 3.05) is 0 Å². The zero-order valence-corrected chi connectivity index (χ0v) is 25.9. The molecule has 1 aromatic heterocycles. The summed E-state index contributed by atoms with van der Waals surface area (Å²) in [5.74, 6) is -1.92. The fourth-order valence-corrected chi connectivity index (χ4v) is 5.68. The average Bonchev–Trinajstić information content (AvgIpc) is 3.28. The van der Waals surface area contributed by atoms with Crippen LogP contribution in [-0.4, -0.2) is 125 Å². The van der Waals surface area contributed by atoms with Gasteiger partial charge in [0.2, 0.25) is 5.91 Å². The van der Waals surface area contributed by atoms with E-state index in [4.69, 9.17) is 18.9 Å². The maximum Gasteiger partial charge on any atom is 0.330 e. The van der Waals surface area contributed by atoms with Gasteiger partial charge >= 0.3 is 5.69 Å². The zero-order valence-electron chi connectivity index (χ0n) is 25.9. The first kappa shape index (κ1) is 36.3. The Hall–Kier alpha value is -2.55. The first-order chi connectivity index (χ1) is 21.6. The second-order valence-corrected chi connectivity index (χ2v) is 12.6. The highest BCUT2D eigenvalue weighted by atomic mass is 16.8. The largest absolute Gasteiger partial charge is 0.390 e. The summed E-state index contributed by atoms with van der Waals surface area (Å²) in [5, 5.41) is 77.6. The molecule has 3 fully saturated rings. The molecule has 0 saturated carbocycles. The molecule has 46 heavy (non-hydrogen) atoms. The van der Waals surface area contributed by atoms with Crippen LogP contribution in [0.2, 0.25) is 0 Å². The van der Waals surface area contributed by atoms with E-state index in [0.29, 0.717) is 12.3 Å². The Bertz CT molecular complexity index is 1320. The number of aliphatic hydroxyl groups excluding tert-OH is 7. The number of hydrogen-bond acceptors (Lipinski definition) is 14. The van der Waals surface area contributed by atoms with Crippen molar-refractivity contribution in [3.8, 4) is 0 Å². The molecular formula is C29H45N3O14. The van der Waals surface area contributed by atoms with E-state index in [1.807, 2.05) is 18.8 Å². The number of aromatic nitrogens is 2. The van der Waals surface area contributed by atoms with Crippen molar-refractivity contribution in [2.24, 2.45) is 17.8 Å². The Morgan fingerprint density at radius 2 is 1.65 bits per heavy atom. The van der Waals surface area contributed by atoms with Crippen LogP contribution in [0.4, 0.5) is 0 Å². The van der Waals surface area contributed by atoms with Gasteiger partial charge in [0.1, 0.15) is 36.6 Å². The number of carbonyl (C=O) groups is 1. The number of amides is 1. The van der Waals surface area contributed by atoms with E-state index in [2.05, 4.69) is 5.32 Å². The van der Waals surface area contributed by atoms with Crippen LogP contribution in [0.15, 0.2) is 34.0 Å². The van der Waals surface area contributed by atoms with E-state index >= 15 is 0 Å². The number of allylic oxidation sites excluding steroid dienone is 1. The molecule has 0 aromatic carbocycles. The second-order valence-electron chi connectivity index (χ2n) is 12.6. The number of hydrogen-bond donors (Lipinski definition) is 9. The molecular weight excluding hydrogens is 614 g/mol. The number of aliphatic hydroxyl groups is 7. The second kappa shape index (κ2) is 15.1. The molecule has 0 bridgehead atoms. The molecule has 1 amide bonds. The fourth-order valence-electron chi connectivity index (χ4n) is 5.68. The van der Waals surface area contributed by atoms with Crippen LogP contribution in [0.1, 0.15) is 46.8 Å². The van der Waals surface area contributed by atoms with E-state index in [1.165, 1.54) is 19.9 Å². The van der Waals surface area contributed by atoms with E-state index in [0.717, 1.165) is 16.8 Å². The standard InChI is InChI=1S/C29H45N3O14/c1-11(2)6-5-7-16(34)30-25-19(37)12(3)20(38)28(45-25)46-27-13(4)18(36)21(39)15(43-27)10-14(33)24-22(40)23(41)26(44-24)32-9-8-17(35)31-29(32)42/h5,7-9,11-15,18-28,33,36-41H,6,10H2,1-4H3,(H,30,34)(H,31,35,42)/b7-5+/t12-,13+,14?,15+,18+,19-,20+,21-,22-,23+,24+,25-,26+,27-,28-/m0/s1. The fraction of sp³-hybridized carbons (Fsp3) is 0.759. The number of nitrogens with zero attached hydrogens (tertiary/aromatic N) is 1. The molecule has 17 nitrogen and oxygen atoms in total. The Morgan fingerprint density at radius 3 is 2.30 bits per heavy atom. The Kier molecular flexibility index (Phi) is 11.9. The Labute approximate surface area is 264 Å². The summed E-state index contributed by atoms with van der Waals surface area (Å²) in [6, 6.07) is 1.01. The summed E-state index contributed by atoms with van der Waals surface area (Å²) in [5.41, 5.74) is -1.61. The van der Waals surface area contributed by atoms with Gasteiger partial charge in [-0.25, -0.2) is 4.79 Å². The number of carbonyl (C=O) groups excluding carboxylic acids is 1. The van der Waals surface area contributed by atoms with Gasteiger partial charge in [-0.2, -0.15) is 0 Å². The van der Waals surface area contributed by atoms with Crippen LogP contribution >= 0.6 is 0 Å². The average molecular weight is 660 g/mol. The van der Waals surface area contributed by atoms with Crippen LogP contribution in [0.3, 0.4) is 0 Å². The molecule has 0 spiro atoms. The highest BCUT2D eigenvalue weighted by Gasteiger charge is 2.51. The van der Waals surface area contributed by atoms with Crippen LogP contribution < -0.4 is 16.6 Å². The van der Waals surface area contributed by atoms with Gasteiger partial charge in [0.25, 0.3) is 5.56 Å². The highest BCUT2D eigenvalue weighted by Crippen LogP contribution is 2.36. The molecule has 4 rings (SSSR count). The number of aromatic amines is 1. The third kappa shape index (κ3) is 7.94. The van der Waals surface area contributed by atoms with E-state index in [1.54, 1.807) is 6.08 Å². The van der Waals surface area contributed by atoms with Gasteiger partial charge in [-0.15, -0.1) is 0 Å². The molecule has 17 heteroatoms. The van der Waals surface area contributed by atoms with Crippen molar-refractivity contribution in [2.45, 2.75) is 121 Å². The molecule has 9 N–H and O–H groups in total. The summed E-state index contributed by atoms with van der Waals surface area (Å²) in [4.78, 5) is 38.0. The smallest absolute Gasteiger partial charge is 0.330 e. The summed E-state index contributed by atoms with van der Waals surface area (Å²) < 4.78 is 23.9. The van der Waals surface area contributed by atoms with E-state index in [9.17, 15) is 50.1 Å². The minimum atomic E-state index is -1.69. The lowest BCUT2D eigenvalue weighted by atomic mass is 9.88. The van der Waals surface area contributed by atoms with Crippen LogP contribution in [0.5, 0.6) is 0 Å². The summed E-state index contributed by atoms with van der Waals surface area (Å²) in [6.07, 6.45) is -14.7. The summed E-state index contributed by atoms with van der Waals surface area (Å²) in [7, 11) is 0. The van der Waals surface area contributed by atoms with Crippen molar-refractivity contribution >= 4 is 5.91 Å². The lowest BCUT2D eigenvalue weighted by Gasteiger charge is -2.46. The third-order valence-corrected chi connectivity index (χ3v) is 8.64. The SMILES string of the molecule is CC(C)C/C=C/C(=O)N[C@H]1O[C@@H](O[C@@H]2O[C@H](CC(O)[C@H]3O[C@@H](n4ccc(=O)[nH]c4=O)[C@H](O)[C@@H]3O)[C@H](O)[C@H](O)[C@H]2C)[C@H](O)[C@@H](C)[C@@H]1O. The molecule has 260 valence electrons. The van der Waals surface area contributed by atoms with Crippen LogP contribution in [-0.2, 0) is 23.7 Å². The Morgan fingerprint density at radius 1 is 0.957 bits per heavy atom. The maximum atomic E-state index is 12.4. The minimum Gasteiger partial charge on any atom is -0.390 e. The first-order valence-corrected chi connectivity index (χ1v) is 15.3. The van der Waals surface area contributed by atoms with Crippen molar-refractivity contribution < 1.29 is 59.5 Å². The van der Waals surface area contributed by atoms with Gasteiger partial charge in [-0.1, -0.05) is 33.8 Å². The third-order valence-electron chi connectivity index (χ3n) is 8.64. The van der Waals surface area contributed by atoms with Gasteiger partial charge in [-0.3, -0.25) is 19.1 Å². The predicted molar refractivity (Wildman–Crippen MR) is 155 cm³/mol. The van der Waals surface area contributed by atoms with E-state index < -0.39 is 115 Å². The molecule has 1 aromatic rings. The quantitative estimate of drug-likeness (QED) is 0.112. The molecule has 1 unspecified atom stereocenters. The minimum absolute atomic E-state index is 0.331. The monoisotopic (exact) mass is 659 g/mol. The normalized spacial score (nSPS) is 40.8. The topological polar surface area (TPSA) is 262 Å². The molecule has 4 heterocycles.